The molecule has 0 saturated carbocycles. The molecule has 11 aromatic rings. The lowest BCUT2D eigenvalue weighted by atomic mass is 10.00. The van der Waals surface area contributed by atoms with Gasteiger partial charge in [0, 0.05) is 53.4 Å². The van der Waals surface area contributed by atoms with Gasteiger partial charge in [-0.15, -0.1) is 11.3 Å². The number of aromatic nitrogens is 1. The molecule has 0 saturated heterocycles. The highest BCUT2D eigenvalue weighted by molar-refractivity contribution is 7.26. The largest absolute Gasteiger partial charge is 0.310 e. The standard InChI is InChI=1S/C52H34N2S/c1-2-11-35(12-3-1)36-21-23-37(24-22-36)38-25-28-40(29-26-38)53(48-18-10-20-50-51(48)46-16-7-9-19-49(46)55-50)41-30-32-42(33-31-41)54-47-17-8-6-15-44(47)45-34-27-39-13-4-5-14-43(39)52(45)54/h1-34H. The molecule has 0 aliphatic carbocycles. The molecule has 0 spiro atoms. The van der Waals surface area contributed by atoms with Crippen LogP contribution in [0.4, 0.5) is 17.1 Å². The molecular formula is C52H34N2S. The minimum absolute atomic E-state index is 1.11. The summed E-state index contributed by atoms with van der Waals surface area (Å²) in [5.41, 5.74) is 11.8. The van der Waals surface area contributed by atoms with Gasteiger partial charge in [-0.3, -0.25) is 0 Å². The van der Waals surface area contributed by atoms with E-state index < -0.39 is 0 Å². The van der Waals surface area contributed by atoms with E-state index in [4.69, 9.17) is 0 Å². The Kier molecular flexibility index (Phi) is 7.39. The second-order valence-electron chi connectivity index (χ2n) is 14.1. The van der Waals surface area contributed by atoms with E-state index in [1.807, 2.05) is 11.3 Å². The molecule has 11 rings (SSSR count). The Labute approximate surface area is 323 Å². The minimum atomic E-state index is 1.11. The first-order chi connectivity index (χ1) is 27.3. The third-order valence-electron chi connectivity index (χ3n) is 11.0. The van der Waals surface area contributed by atoms with E-state index in [1.165, 1.54) is 80.7 Å². The molecule has 0 bridgehead atoms. The van der Waals surface area contributed by atoms with E-state index in [1.54, 1.807) is 0 Å². The monoisotopic (exact) mass is 718 g/mol. The molecule has 0 aliphatic rings. The smallest absolute Gasteiger partial charge is 0.0619 e. The average molecular weight is 719 g/mol. The third-order valence-corrected chi connectivity index (χ3v) is 12.1. The molecule has 0 radical (unpaired) electrons. The van der Waals surface area contributed by atoms with E-state index in [9.17, 15) is 0 Å². The molecule has 0 aliphatic heterocycles. The van der Waals surface area contributed by atoms with Gasteiger partial charge in [0.05, 0.1) is 16.7 Å². The van der Waals surface area contributed by atoms with E-state index in [2.05, 4.69) is 216 Å². The quantitative estimate of drug-likeness (QED) is 0.166. The first-order valence-corrected chi connectivity index (χ1v) is 19.6. The predicted octanol–water partition coefficient (Wildman–Crippen LogP) is 15.1. The van der Waals surface area contributed by atoms with Crippen LogP contribution in [-0.4, -0.2) is 4.57 Å². The highest BCUT2D eigenvalue weighted by atomic mass is 32.1. The van der Waals surface area contributed by atoms with Crippen LogP contribution in [0.3, 0.4) is 0 Å². The molecular weight excluding hydrogens is 685 g/mol. The van der Waals surface area contributed by atoms with Gasteiger partial charge in [0.2, 0.25) is 0 Å². The van der Waals surface area contributed by atoms with Crippen LogP contribution in [0, 0.1) is 0 Å². The Morgan fingerprint density at radius 2 is 0.927 bits per heavy atom. The van der Waals surface area contributed by atoms with Crippen molar-refractivity contribution in [3.8, 4) is 27.9 Å². The number of nitrogens with zero attached hydrogens (tertiary/aromatic N) is 2. The Bertz CT molecular complexity index is 3170. The van der Waals surface area contributed by atoms with Crippen LogP contribution < -0.4 is 4.90 Å². The topological polar surface area (TPSA) is 8.17 Å². The molecule has 0 amide bonds. The number of anilines is 3. The van der Waals surface area contributed by atoms with Crippen molar-refractivity contribution in [2.45, 2.75) is 0 Å². The van der Waals surface area contributed by atoms with Crippen molar-refractivity contribution in [2.24, 2.45) is 0 Å². The van der Waals surface area contributed by atoms with Gasteiger partial charge in [0.25, 0.3) is 0 Å². The first kappa shape index (κ1) is 31.6. The number of hydrogen-bond donors (Lipinski definition) is 0. The van der Waals surface area contributed by atoms with Crippen LogP contribution in [-0.2, 0) is 0 Å². The number of fused-ring (bicyclic) bond motifs is 8. The van der Waals surface area contributed by atoms with Gasteiger partial charge in [-0.1, -0.05) is 146 Å². The van der Waals surface area contributed by atoms with E-state index in [-0.39, 0.29) is 0 Å². The van der Waals surface area contributed by atoms with Crippen LogP contribution >= 0.6 is 11.3 Å². The normalized spacial score (nSPS) is 11.6. The zero-order valence-corrected chi connectivity index (χ0v) is 30.7. The molecule has 0 atom stereocenters. The van der Waals surface area contributed by atoms with Crippen molar-refractivity contribution in [1.29, 1.82) is 0 Å². The maximum absolute atomic E-state index is 2.44. The molecule has 3 heteroatoms. The number of para-hydroxylation sites is 1. The van der Waals surface area contributed by atoms with Crippen molar-refractivity contribution in [3.05, 3.63) is 206 Å². The second-order valence-corrected chi connectivity index (χ2v) is 15.2. The maximum atomic E-state index is 2.44. The Morgan fingerprint density at radius 3 is 1.67 bits per heavy atom. The molecule has 2 nitrogen and oxygen atoms in total. The van der Waals surface area contributed by atoms with Gasteiger partial charge in [0.15, 0.2) is 0 Å². The first-order valence-electron chi connectivity index (χ1n) is 18.8. The molecule has 2 aromatic heterocycles. The van der Waals surface area contributed by atoms with Crippen LogP contribution in [0.2, 0.25) is 0 Å². The van der Waals surface area contributed by atoms with Gasteiger partial charge >= 0.3 is 0 Å². The SMILES string of the molecule is c1ccc(-c2ccc(-c3ccc(N(c4ccc(-n5c6ccccc6c6ccc7ccccc7c65)cc4)c4cccc5sc6ccccc6c45)cc3)cc2)cc1. The predicted molar refractivity (Wildman–Crippen MR) is 237 cm³/mol. The van der Waals surface area contributed by atoms with Crippen molar-refractivity contribution >= 4 is 81.1 Å². The van der Waals surface area contributed by atoms with E-state index >= 15 is 0 Å². The highest BCUT2D eigenvalue weighted by Gasteiger charge is 2.20. The summed E-state index contributed by atoms with van der Waals surface area (Å²) in [5.74, 6) is 0. The molecule has 55 heavy (non-hydrogen) atoms. The van der Waals surface area contributed by atoms with Crippen molar-refractivity contribution in [3.63, 3.8) is 0 Å². The average Bonchev–Trinajstić information content (AvgIpc) is 3.81. The highest BCUT2D eigenvalue weighted by Crippen LogP contribution is 2.45. The molecule has 258 valence electrons. The number of hydrogen-bond acceptors (Lipinski definition) is 2. The van der Waals surface area contributed by atoms with Crippen molar-refractivity contribution < 1.29 is 0 Å². The minimum Gasteiger partial charge on any atom is -0.310 e. The lowest BCUT2D eigenvalue weighted by Gasteiger charge is -2.27. The van der Waals surface area contributed by atoms with Crippen molar-refractivity contribution in [1.82, 2.24) is 4.57 Å². The fourth-order valence-electron chi connectivity index (χ4n) is 8.41. The molecule has 0 fully saturated rings. The van der Waals surface area contributed by atoms with Crippen LogP contribution in [0.1, 0.15) is 0 Å². The van der Waals surface area contributed by atoms with Crippen LogP contribution in [0.15, 0.2) is 206 Å². The van der Waals surface area contributed by atoms with Gasteiger partial charge in [-0.25, -0.2) is 0 Å². The lowest BCUT2D eigenvalue weighted by Crippen LogP contribution is -2.10. The second kappa shape index (κ2) is 12.9. The summed E-state index contributed by atoms with van der Waals surface area (Å²) in [6.07, 6.45) is 0. The molecule has 2 heterocycles. The fourth-order valence-corrected chi connectivity index (χ4v) is 9.53. The summed E-state index contributed by atoms with van der Waals surface area (Å²) in [4.78, 5) is 2.43. The number of benzene rings is 9. The number of thiophene rings is 1. The Morgan fingerprint density at radius 1 is 0.364 bits per heavy atom. The number of rotatable bonds is 6. The molecule has 0 unspecified atom stereocenters. The van der Waals surface area contributed by atoms with Crippen LogP contribution in [0.25, 0.3) is 80.7 Å². The summed E-state index contributed by atoms with van der Waals surface area (Å²) >= 11 is 1.86. The zero-order valence-electron chi connectivity index (χ0n) is 29.9. The summed E-state index contributed by atoms with van der Waals surface area (Å²) in [6.45, 7) is 0. The maximum Gasteiger partial charge on any atom is 0.0619 e. The third kappa shape index (κ3) is 5.24. The fraction of sp³-hybridized carbons (Fsp3) is 0. The zero-order chi connectivity index (χ0) is 36.3. The Hall–Kier alpha value is -6.94. The van der Waals surface area contributed by atoms with Gasteiger partial charge in [-0.05, 0) is 88.3 Å². The molecule has 9 aromatic carbocycles. The van der Waals surface area contributed by atoms with Gasteiger partial charge < -0.3 is 9.47 Å². The summed E-state index contributed by atoms with van der Waals surface area (Å²) in [5, 5.41) is 7.60. The van der Waals surface area contributed by atoms with E-state index in [0.29, 0.717) is 0 Å². The van der Waals surface area contributed by atoms with Gasteiger partial charge in [-0.2, -0.15) is 0 Å². The Balaban J connectivity index is 1.05. The lowest BCUT2D eigenvalue weighted by molar-refractivity contribution is 1.18. The van der Waals surface area contributed by atoms with Crippen LogP contribution in [0.5, 0.6) is 0 Å². The summed E-state index contributed by atoms with van der Waals surface area (Å²) in [6, 6.07) is 75.1. The van der Waals surface area contributed by atoms with Crippen molar-refractivity contribution in [2.75, 3.05) is 4.90 Å². The summed E-state index contributed by atoms with van der Waals surface area (Å²) < 4.78 is 5.02. The van der Waals surface area contributed by atoms with Gasteiger partial charge in [0.1, 0.15) is 0 Å². The van der Waals surface area contributed by atoms with E-state index in [0.717, 1.165) is 17.1 Å². The summed E-state index contributed by atoms with van der Waals surface area (Å²) in [7, 11) is 0. The molecule has 0 N–H and O–H groups in total.